The summed E-state index contributed by atoms with van der Waals surface area (Å²) in [6.45, 7) is 3.72. The number of benzene rings is 1. The number of methoxy groups -OCH3 is 1. The molecule has 0 atom stereocenters. The highest BCUT2D eigenvalue weighted by Gasteiger charge is 2.11. The van der Waals surface area contributed by atoms with Crippen molar-refractivity contribution in [2.45, 2.75) is 13.8 Å². The number of nitrogens with two attached hydrogens (primary N) is 1. The zero-order chi connectivity index (χ0) is 17.7. The Morgan fingerprint density at radius 1 is 1.33 bits per heavy atom. The summed E-state index contributed by atoms with van der Waals surface area (Å²) >= 11 is 0. The van der Waals surface area contributed by atoms with Crippen molar-refractivity contribution in [1.82, 2.24) is 9.55 Å². The molecule has 0 fully saturated rings. The molecular weight excluding hydrogens is 306 g/mol. The Labute approximate surface area is 139 Å². The molecule has 0 unspecified atom stereocenters. The molecular formula is C18H19N3O3. The van der Waals surface area contributed by atoms with E-state index in [9.17, 15) is 9.59 Å². The van der Waals surface area contributed by atoms with Crippen LogP contribution in [0.2, 0.25) is 0 Å². The molecule has 2 aromatic rings. The zero-order valence-electron chi connectivity index (χ0n) is 13.8. The summed E-state index contributed by atoms with van der Waals surface area (Å²) < 4.78 is 5.85. The fourth-order valence-corrected chi connectivity index (χ4v) is 2.23. The van der Waals surface area contributed by atoms with Gasteiger partial charge in [0.05, 0.1) is 23.7 Å². The Morgan fingerprint density at radius 2 is 2.08 bits per heavy atom. The first-order valence-electron chi connectivity index (χ1n) is 7.36. The minimum atomic E-state index is -0.487. The van der Waals surface area contributed by atoms with Gasteiger partial charge in [0.2, 0.25) is 5.95 Å². The molecule has 0 radical (unpaired) electrons. The van der Waals surface area contributed by atoms with Crippen LogP contribution in [0, 0.1) is 6.92 Å². The van der Waals surface area contributed by atoms with Gasteiger partial charge in [-0.15, -0.1) is 0 Å². The molecule has 24 heavy (non-hydrogen) atoms. The smallest absolute Gasteiger partial charge is 0.330 e. The number of carbonyl (C=O) groups is 1. The highest BCUT2D eigenvalue weighted by Crippen LogP contribution is 2.15. The van der Waals surface area contributed by atoms with Crippen LogP contribution < -0.4 is 11.3 Å². The molecule has 0 saturated carbocycles. The average Bonchev–Trinajstić information content (AvgIpc) is 2.55. The summed E-state index contributed by atoms with van der Waals surface area (Å²) in [6, 6.07) is 5.42. The lowest BCUT2D eigenvalue weighted by molar-refractivity contribution is -0.134. The number of ether oxygens (including phenoxy) is 1. The van der Waals surface area contributed by atoms with Crippen molar-refractivity contribution < 1.29 is 9.53 Å². The average molecular weight is 325 g/mol. The first kappa shape index (κ1) is 17.2. The van der Waals surface area contributed by atoms with E-state index in [0.29, 0.717) is 16.6 Å². The van der Waals surface area contributed by atoms with Crippen LogP contribution in [-0.2, 0) is 9.53 Å². The fourth-order valence-electron chi connectivity index (χ4n) is 2.23. The maximum atomic E-state index is 12.8. The standard InChI is InChI=1S/C18H19N3O3/c1-4-6-13(7-5-8-16(22)24-3)21-17(23)14-11-12(2)9-10-15(14)20-18(21)19/h4-11H,1-3H3,(H2,19,20). The number of aromatic nitrogens is 2. The van der Waals surface area contributed by atoms with Gasteiger partial charge in [0.1, 0.15) is 0 Å². The Balaban J connectivity index is 2.66. The molecule has 0 spiro atoms. The predicted molar refractivity (Wildman–Crippen MR) is 95.4 cm³/mol. The maximum Gasteiger partial charge on any atom is 0.330 e. The number of rotatable bonds is 4. The molecule has 2 rings (SSSR count). The van der Waals surface area contributed by atoms with Crippen LogP contribution in [0.3, 0.4) is 0 Å². The third-order valence-electron chi connectivity index (χ3n) is 3.35. The third-order valence-corrected chi connectivity index (χ3v) is 3.35. The van der Waals surface area contributed by atoms with Crippen LogP contribution in [0.4, 0.5) is 5.95 Å². The molecule has 1 aromatic heterocycles. The lowest BCUT2D eigenvalue weighted by atomic mass is 10.1. The van der Waals surface area contributed by atoms with E-state index in [1.165, 1.54) is 23.8 Å². The largest absolute Gasteiger partial charge is 0.466 e. The van der Waals surface area contributed by atoms with Crippen LogP contribution in [0.1, 0.15) is 12.5 Å². The van der Waals surface area contributed by atoms with Crippen molar-refractivity contribution in [2.24, 2.45) is 0 Å². The number of hydrogen-bond acceptors (Lipinski definition) is 5. The number of esters is 1. The molecule has 0 bridgehead atoms. The van der Waals surface area contributed by atoms with Crippen LogP contribution >= 0.6 is 0 Å². The Morgan fingerprint density at radius 3 is 2.75 bits per heavy atom. The van der Waals surface area contributed by atoms with Crippen LogP contribution in [-0.4, -0.2) is 22.6 Å². The number of anilines is 1. The van der Waals surface area contributed by atoms with Gasteiger partial charge in [-0.25, -0.2) is 14.3 Å². The lowest BCUT2D eigenvalue weighted by Gasteiger charge is -2.11. The fraction of sp³-hybridized carbons (Fsp3) is 0.167. The molecule has 0 aliphatic carbocycles. The summed E-state index contributed by atoms with van der Waals surface area (Å²) in [5.41, 5.74) is 7.71. The maximum absolute atomic E-state index is 12.8. The highest BCUT2D eigenvalue weighted by molar-refractivity contribution is 5.83. The summed E-state index contributed by atoms with van der Waals surface area (Å²) in [5.74, 6) is -0.411. The molecule has 124 valence electrons. The second-order valence-electron chi connectivity index (χ2n) is 5.10. The molecule has 2 N–H and O–H groups in total. The van der Waals surface area contributed by atoms with Gasteiger partial charge in [-0.05, 0) is 38.1 Å². The van der Waals surface area contributed by atoms with Gasteiger partial charge in [-0.3, -0.25) is 4.79 Å². The first-order valence-corrected chi connectivity index (χ1v) is 7.36. The van der Waals surface area contributed by atoms with Crippen LogP contribution in [0.25, 0.3) is 16.6 Å². The van der Waals surface area contributed by atoms with E-state index >= 15 is 0 Å². The molecule has 1 heterocycles. The third kappa shape index (κ3) is 3.60. The zero-order valence-corrected chi connectivity index (χ0v) is 13.8. The van der Waals surface area contributed by atoms with E-state index < -0.39 is 5.97 Å². The van der Waals surface area contributed by atoms with Gasteiger partial charge in [0.25, 0.3) is 5.56 Å². The van der Waals surface area contributed by atoms with Gasteiger partial charge in [-0.1, -0.05) is 23.8 Å². The molecule has 0 amide bonds. The topological polar surface area (TPSA) is 87.2 Å². The highest BCUT2D eigenvalue weighted by atomic mass is 16.5. The van der Waals surface area contributed by atoms with Gasteiger partial charge >= 0.3 is 5.97 Å². The van der Waals surface area contributed by atoms with Crippen molar-refractivity contribution >= 4 is 28.5 Å². The number of aryl methyl sites for hydroxylation is 1. The molecule has 0 aliphatic rings. The van der Waals surface area contributed by atoms with E-state index in [2.05, 4.69) is 9.72 Å². The van der Waals surface area contributed by atoms with E-state index in [1.54, 1.807) is 30.4 Å². The molecule has 1 aromatic carbocycles. The van der Waals surface area contributed by atoms with E-state index in [4.69, 9.17) is 5.73 Å². The minimum Gasteiger partial charge on any atom is -0.466 e. The van der Waals surface area contributed by atoms with E-state index in [0.717, 1.165) is 5.56 Å². The SMILES string of the molecule is CC=CC(=CC=CC(=O)OC)n1c(N)nc2ccc(C)cc2c1=O. The number of hydrogen-bond donors (Lipinski definition) is 1. The van der Waals surface area contributed by atoms with Crippen molar-refractivity contribution in [3.05, 3.63) is 64.5 Å². The van der Waals surface area contributed by atoms with E-state index in [1.807, 2.05) is 19.9 Å². The number of fused-ring (bicyclic) bond motifs is 1. The summed E-state index contributed by atoms with van der Waals surface area (Å²) in [6.07, 6.45) is 7.82. The van der Waals surface area contributed by atoms with Crippen molar-refractivity contribution in [1.29, 1.82) is 0 Å². The lowest BCUT2D eigenvalue weighted by Crippen LogP contribution is -2.23. The van der Waals surface area contributed by atoms with Gasteiger partial charge in [-0.2, -0.15) is 0 Å². The van der Waals surface area contributed by atoms with Crippen LogP contribution in [0.5, 0.6) is 0 Å². The number of allylic oxidation sites excluding steroid dienone is 5. The second-order valence-corrected chi connectivity index (χ2v) is 5.10. The second kappa shape index (κ2) is 7.41. The first-order chi connectivity index (χ1) is 11.5. The monoisotopic (exact) mass is 325 g/mol. The molecule has 6 heteroatoms. The van der Waals surface area contributed by atoms with Gasteiger partial charge < -0.3 is 10.5 Å². The summed E-state index contributed by atoms with van der Waals surface area (Å²) in [4.78, 5) is 28.3. The minimum absolute atomic E-state index is 0.0761. The Kier molecular flexibility index (Phi) is 5.31. The number of nitrogens with zero attached hydrogens (tertiary/aromatic N) is 2. The summed E-state index contributed by atoms with van der Waals surface area (Å²) in [7, 11) is 1.29. The molecule has 0 saturated heterocycles. The Hall–Kier alpha value is -3.15. The van der Waals surface area contributed by atoms with Gasteiger partial charge in [0.15, 0.2) is 0 Å². The van der Waals surface area contributed by atoms with Gasteiger partial charge in [0, 0.05) is 6.08 Å². The van der Waals surface area contributed by atoms with Crippen molar-refractivity contribution in [3.8, 4) is 0 Å². The number of nitrogen functional groups attached to an aromatic ring is 1. The summed E-state index contributed by atoms with van der Waals surface area (Å²) in [5, 5.41) is 0.483. The quantitative estimate of drug-likeness (QED) is 0.530. The van der Waals surface area contributed by atoms with Crippen LogP contribution in [0.15, 0.2) is 53.4 Å². The number of carbonyl (C=O) groups excluding carboxylic acids is 1. The normalized spacial score (nSPS) is 12.4. The molecule has 0 aliphatic heterocycles. The Bertz CT molecular complexity index is 921. The van der Waals surface area contributed by atoms with Crippen molar-refractivity contribution in [3.63, 3.8) is 0 Å². The predicted octanol–water partition coefficient (Wildman–Crippen LogP) is 2.43. The molecule has 6 nitrogen and oxygen atoms in total. The van der Waals surface area contributed by atoms with E-state index in [-0.39, 0.29) is 11.5 Å². The van der Waals surface area contributed by atoms with Crippen molar-refractivity contribution in [2.75, 3.05) is 12.8 Å².